The van der Waals surface area contributed by atoms with Gasteiger partial charge in [0, 0.05) is 6.07 Å². The predicted molar refractivity (Wildman–Crippen MR) is 79.0 cm³/mol. The standard InChI is InChI=1S/C16H12N4O2/c17-8-12-7-15-18-9-14(16(21)20(15)19-12)22-13-3-1-2-11(6-13)10-4-5-10/h1-3,6-7,9-10,19H,4-5H2. The number of nitriles is 1. The van der Waals surface area contributed by atoms with Crippen LogP contribution < -0.4 is 10.3 Å². The van der Waals surface area contributed by atoms with Gasteiger partial charge in [-0.1, -0.05) is 12.1 Å². The van der Waals surface area contributed by atoms with Gasteiger partial charge in [-0.2, -0.15) is 9.78 Å². The Kier molecular flexibility index (Phi) is 2.73. The lowest BCUT2D eigenvalue weighted by Crippen LogP contribution is -2.16. The number of hydrogen-bond acceptors (Lipinski definition) is 4. The van der Waals surface area contributed by atoms with E-state index in [1.807, 2.05) is 24.3 Å². The van der Waals surface area contributed by atoms with E-state index in [1.165, 1.54) is 35.2 Å². The monoisotopic (exact) mass is 292 g/mol. The molecule has 108 valence electrons. The normalized spacial score (nSPS) is 14.0. The van der Waals surface area contributed by atoms with Crippen molar-refractivity contribution in [3.8, 4) is 17.6 Å². The highest BCUT2D eigenvalue weighted by molar-refractivity contribution is 5.44. The molecule has 0 aliphatic heterocycles. The molecule has 6 nitrogen and oxygen atoms in total. The zero-order valence-corrected chi connectivity index (χ0v) is 11.6. The lowest BCUT2D eigenvalue weighted by Gasteiger charge is -2.06. The van der Waals surface area contributed by atoms with E-state index in [9.17, 15) is 4.79 Å². The van der Waals surface area contributed by atoms with E-state index in [2.05, 4.69) is 16.1 Å². The molecule has 1 N–H and O–H groups in total. The molecule has 6 heteroatoms. The summed E-state index contributed by atoms with van der Waals surface area (Å²) in [5, 5.41) is 11.5. The van der Waals surface area contributed by atoms with Gasteiger partial charge < -0.3 is 4.74 Å². The molecule has 1 fully saturated rings. The highest BCUT2D eigenvalue weighted by Gasteiger charge is 2.23. The molecule has 1 aliphatic carbocycles. The Hall–Kier alpha value is -3.07. The summed E-state index contributed by atoms with van der Waals surface area (Å²) < 4.78 is 6.89. The zero-order chi connectivity index (χ0) is 15.1. The van der Waals surface area contributed by atoms with E-state index < -0.39 is 0 Å². The second kappa shape index (κ2) is 4.74. The Balaban J connectivity index is 1.72. The molecule has 22 heavy (non-hydrogen) atoms. The third kappa shape index (κ3) is 2.13. The summed E-state index contributed by atoms with van der Waals surface area (Å²) in [7, 11) is 0. The number of rotatable bonds is 3. The third-order valence-corrected chi connectivity index (χ3v) is 3.72. The second-order valence-electron chi connectivity index (χ2n) is 5.35. The van der Waals surface area contributed by atoms with Crippen molar-refractivity contribution in [1.29, 1.82) is 5.26 Å². The number of ether oxygens (including phenoxy) is 1. The molecule has 0 bridgehead atoms. The maximum Gasteiger partial charge on any atom is 0.315 e. The maximum atomic E-state index is 12.4. The van der Waals surface area contributed by atoms with Gasteiger partial charge in [0.2, 0.25) is 5.75 Å². The lowest BCUT2D eigenvalue weighted by atomic mass is 10.1. The van der Waals surface area contributed by atoms with Crippen LogP contribution in [0, 0.1) is 11.3 Å². The van der Waals surface area contributed by atoms with Crippen molar-refractivity contribution in [3.05, 3.63) is 58.1 Å². The first-order chi connectivity index (χ1) is 10.7. The van der Waals surface area contributed by atoms with Crippen LogP contribution in [0.3, 0.4) is 0 Å². The van der Waals surface area contributed by atoms with Crippen LogP contribution in [0.5, 0.6) is 11.5 Å². The van der Waals surface area contributed by atoms with Gasteiger partial charge in [0.1, 0.15) is 17.5 Å². The van der Waals surface area contributed by atoms with Gasteiger partial charge in [0.25, 0.3) is 0 Å². The van der Waals surface area contributed by atoms with Crippen LogP contribution in [0.2, 0.25) is 0 Å². The summed E-state index contributed by atoms with van der Waals surface area (Å²) in [5.41, 5.74) is 1.53. The summed E-state index contributed by atoms with van der Waals surface area (Å²) in [6.45, 7) is 0. The van der Waals surface area contributed by atoms with Crippen molar-refractivity contribution in [1.82, 2.24) is 14.6 Å². The summed E-state index contributed by atoms with van der Waals surface area (Å²) >= 11 is 0. The van der Waals surface area contributed by atoms with Crippen LogP contribution in [0.15, 0.2) is 41.3 Å². The smallest absolute Gasteiger partial charge is 0.315 e. The minimum Gasteiger partial charge on any atom is -0.450 e. The summed E-state index contributed by atoms with van der Waals surface area (Å²) in [6.07, 6.45) is 3.80. The Morgan fingerprint density at radius 2 is 2.23 bits per heavy atom. The average molecular weight is 292 g/mol. The molecule has 0 amide bonds. The van der Waals surface area contributed by atoms with Crippen LogP contribution in [0.25, 0.3) is 5.65 Å². The highest BCUT2D eigenvalue weighted by Crippen LogP contribution is 2.41. The van der Waals surface area contributed by atoms with Gasteiger partial charge in [0.15, 0.2) is 5.65 Å². The Bertz CT molecular complexity index is 960. The first-order valence-electron chi connectivity index (χ1n) is 7.03. The zero-order valence-electron chi connectivity index (χ0n) is 11.6. The predicted octanol–water partition coefficient (Wildman–Crippen LogP) is 2.56. The first kappa shape index (κ1) is 12.7. The topological polar surface area (TPSA) is 83.2 Å². The summed E-state index contributed by atoms with van der Waals surface area (Å²) in [6, 6.07) is 11.2. The summed E-state index contributed by atoms with van der Waals surface area (Å²) in [5.74, 6) is 1.36. The van der Waals surface area contributed by atoms with Crippen molar-refractivity contribution in [2.75, 3.05) is 0 Å². The van der Waals surface area contributed by atoms with Crippen LogP contribution in [-0.4, -0.2) is 14.6 Å². The number of hydrogen-bond donors (Lipinski definition) is 1. The van der Waals surface area contributed by atoms with Crippen molar-refractivity contribution in [2.24, 2.45) is 0 Å². The van der Waals surface area contributed by atoms with Gasteiger partial charge in [-0.15, -0.1) is 0 Å². The fourth-order valence-corrected chi connectivity index (χ4v) is 2.45. The minimum absolute atomic E-state index is 0.122. The number of aromatic amines is 1. The first-order valence-corrected chi connectivity index (χ1v) is 7.03. The molecule has 0 atom stereocenters. The highest BCUT2D eigenvalue weighted by atomic mass is 16.5. The third-order valence-electron chi connectivity index (χ3n) is 3.72. The van der Waals surface area contributed by atoms with E-state index in [0.29, 0.717) is 17.3 Å². The number of aromatic nitrogens is 3. The van der Waals surface area contributed by atoms with Gasteiger partial charge in [-0.25, -0.2) is 4.98 Å². The molecule has 1 aliphatic rings. The number of nitrogens with one attached hydrogen (secondary N) is 1. The Labute approximate surface area is 125 Å². The van der Waals surface area contributed by atoms with E-state index in [-0.39, 0.29) is 17.0 Å². The van der Waals surface area contributed by atoms with Gasteiger partial charge in [-0.3, -0.25) is 9.89 Å². The number of benzene rings is 1. The van der Waals surface area contributed by atoms with Gasteiger partial charge >= 0.3 is 5.56 Å². The largest absolute Gasteiger partial charge is 0.450 e. The Morgan fingerprint density at radius 3 is 3.00 bits per heavy atom. The number of H-pyrrole nitrogens is 1. The molecule has 0 radical (unpaired) electrons. The van der Waals surface area contributed by atoms with Crippen LogP contribution in [-0.2, 0) is 0 Å². The molecule has 0 saturated heterocycles. The van der Waals surface area contributed by atoms with E-state index in [4.69, 9.17) is 10.00 Å². The molecule has 0 unspecified atom stereocenters. The number of nitrogens with zero attached hydrogens (tertiary/aromatic N) is 3. The SMILES string of the molecule is N#Cc1cc2ncc(Oc3cccc(C4CC4)c3)c(=O)n2[nH]1. The minimum atomic E-state index is -0.372. The molecule has 2 heterocycles. The molecule has 1 aromatic carbocycles. The molecular weight excluding hydrogens is 280 g/mol. The molecule has 4 rings (SSSR count). The fraction of sp³-hybridized carbons (Fsp3) is 0.188. The molecular formula is C16H12N4O2. The molecule has 2 aromatic heterocycles. The Morgan fingerprint density at radius 1 is 1.36 bits per heavy atom. The fourth-order valence-electron chi connectivity index (χ4n) is 2.45. The van der Waals surface area contributed by atoms with Gasteiger partial charge in [0.05, 0.1) is 6.20 Å². The van der Waals surface area contributed by atoms with Crippen LogP contribution in [0.4, 0.5) is 0 Å². The molecule has 1 saturated carbocycles. The number of fused-ring (bicyclic) bond motifs is 1. The van der Waals surface area contributed by atoms with Crippen molar-refractivity contribution in [3.63, 3.8) is 0 Å². The second-order valence-corrected chi connectivity index (χ2v) is 5.35. The maximum absolute atomic E-state index is 12.4. The molecule has 0 spiro atoms. The van der Waals surface area contributed by atoms with Crippen LogP contribution in [0.1, 0.15) is 30.0 Å². The van der Waals surface area contributed by atoms with Crippen molar-refractivity contribution >= 4 is 5.65 Å². The van der Waals surface area contributed by atoms with Crippen molar-refractivity contribution in [2.45, 2.75) is 18.8 Å². The van der Waals surface area contributed by atoms with E-state index >= 15 is 0 Å². The molecule has 3 aromatic rings. The van der Waals surface area contributed by atoms with Gasteiger partial charge in [-0.05, 0) is 36.5 Å². The van der Waals surface area contributed by atoms with E-state index in [1.54, 1.807) is 0 Å². The average Bonchev–Trinajstić information content (AvgIpc) is 3.30. The van der Waals surface area contributed by atoms with E-state index in [0.717, 1.165) is 0 Å². The summed E-state index contributed by atoms with van der Waals surface area (Å²) in [4.78, 5) is 16.5. The van der Waals surface area contributed by atoms with Crippen LogP contribution >= 0.6 is 0 Å². The van der Waals surface area contributed by atoms with Crippen molar-refractivity contribution < 1.29 is 4.74 Å². The lowest BCUT2D eigenvalue weighted by molar-refractivity contribution is 0.468. The quantitative estimate of drug-likeness (QED) is 0.804.